The van der Waals surface area contributed by atoms with E-state index in [2.05, 4.69) is 38.2 Å². The zero-order valence-corrected chi connectivity index (χ0v) is 13.3. The van der Waals surface area contributed by atoms with E-state index in [1.165, 1.54) is 5.56 Å². The first-order chi connectivity index (χ1) is 9.43. The van der Waals surface area contributed by atoms with Gasteiger partial charge in [0.15, 0.2) is 0 Å². The molecule has 1 aliphatic rings. The molecule has 3 atom stereocenters. The van der Waals surface area contributed by atoms with Crippen LogP contribution in [0.25, 0.3) is 0 Å². The second-order valence-corrected chi connectivity index (χ2v) is 7.14. The Bertz CT molecular complexity index is 452. The van der Waals surface area contributed by atoms with Crippen molar-refractivity contribution < 1.29 is 4.79 Å². The van der Waals surface area contributed by atoms with Crippen molar-refractivity contribution in [2.75, 3.05) is 5.88 Å². The molecule has 0 saturated heterocycles. The Morgan fingerprint density at radius 2 is 2.00 bits per heavy atom. The zero-order chi connectivity index (χ0) is 14.8. The van der Waals surface area contributed by atoms with Crippen molar-refractivity contribution in [2.24, 2.45) is 11.3 Å². The molecule has 2 rings (SSSR count). The predicted octanol–water partition coefficient (Wildman–Crippen LogP) is 3.95. The highest BCUT2D eigenvalue weighted by molar-refractivity contribution is 6.17. The van der Waals surface area contributed by atoms with E-state index in [4.69, 9.17) is 11.6 Å². The second kappa shape index (κ2) is 6.17. The first-order valence-corrected chi connectivity index (χ1v) is 7.88. The topological polar surface area (TPSA) is 29.1 Å². The fourth-order valence-electron chi connectivity index (χ4n) is 2.66. The quantitative estimate of drug-likeness (QED) is 0.818. The number of nitrogens with one attached hydrogen (secondary N) is 1. The molecule has 3 heteroatoms. The molecular formula is C17H24ClNO. The molecule has 0 radical (unpaired) electrons. The molecule has 1 aliphatic carbocycles. The summed E-state index contributed by atoms with van der Waals surface area (Å²) in [5.74, 6) is 1.30. The summed E-state index contributed by atoms with van der Waals surface area (Å²) in [6.45, 7) is 6.43. The Balaban J connectivity index is 1.93. The molecule has 3 unspecified atom stereocenters. The van der Waals surface area contributed by atoms with Crippen LogP contribution in [0.1, 0.15) is 45.1 Å². The van der Waals surface area contributed by atoms with Gasteiger partial charge in [-0.15, -0.1) is 11.6 Å². The van der Waals surface area contributed by atoms with Gasteiger partial charge in [-0.25, -0.2) is 0 Å². The molecule has 0 spiro atoms. The van der Waals surface area contributed by atoms with Crippen LogP contribution >= 0.6 is 11.6 Å². The molecule has 1 N–H and O–H groups in total. The van der Waals surface area contributed by atoms with Crippen LogP contribution in [0.3, 0.4) is 0 Å². The number of amides is 1. The SMILES string of the molecule is CC(C)(C)C(CCCl)NC(=O)C1CC1c1ccccc1. The van der Waals surface area contributed by atoms with Gasteiger partial charge < -0.3 is 5.32 Å². The van der Waals surface area contributed by atoms with Gasteiger partial charge in [0, 0.05) is 17.8 Å². The number of carbonyl (C=O) groups is 1. The largest absolute Gasteiger partial charge is 0.353 e. The van der Waals surface area contributed by atoms with Gasteiger partial charge in [0.05, 0.1) is 0 Å². The van der Waals surface area contributed by atoms with Crippen LogP contribution in [-0.4, -0.2) is 17.8 Å². The average molecular weight is 294 g/mol. The van der Waals surface area contributed by atoms with Gasteiger partial charge in [-0.2, -0.15) is 0 Å². The van der Waals surface area contributed by atoms with E-state index in [1.54, 1.807) is 0 Å². The second-order valence-electron chi connectivity index (χ2n) is 6.76. The van der Waals surface area contributed by atoms with Gasteiger partial charge in [-0.3, -0.25) is 4.79 Å². The minimum absolute atomic E-state index is 0.0433. The number of benzene rings is 1. The molecule has 0 aromatic heterocycles. The fourth-order valence-corrected chi connectivity index (χ4v) is 2.88. The maximum Gasteiger partial charge on any atom is 0.223 e. The van der Waals surface area contributed by atoms with Gasteiger partial charge in [-0.1, -0.05) is 51.1 Å². The molecule has 0 bridgehead atoms. The van der Waals surface area contributed by atoms with Crippen molar-refractivity contribution in [3.05, 3.63) is 35.9 Å². The highest BCUT2D eigenvalue weighted by atomic mass is 35.5. The van der Waals surface area contributed by atoms with Crippen LogP contribution < -0.4 is 5.32 Å². The van der Waals surface area contributed by atoms with Gasteiger partial charge in [0.2, 0.25) is 5.91 Å². The summed E-state index contributed by atoms with van der Waals surface area (Å²) in [6, 6.07) is 10.4. The summed E-state index contributed by atoms with van der Waals surface area (Å²) in [4.78, 5) is 12.4. The van der Waals surface area contributed by atoms with Gasteiger partial charge in [-0.05, 0) is 29.7 Å². The lowest BCUT2D eigenvalue weighted by Gasteiger charge is -2.31. The molecule has 1 amide bonds. The third-order valence-corrected chi connectivity index (χ3v) is 4.33. The van der Waals surface area contributed by atoms with Crippen LogP contribution in [0.2, 0.25) is 0 Å². The Morgan fingerprint density at radius 1 is 1.35 bits per heavy atom. The fraction of sp³-hybridized carbons (Fsp3) is 0.588. The lowest BCUT2D eigenvalue weighted by Crippen LogP contribution is -2.44. The Morgan fingerprint density at radius 3 is 2.55 bits per heavy atom. The number of hydrogen-bond acceptors (Lipinski definition) is 1. The number of rotatable bonds is 5. The lowest BCUT2D eigenvalue weighted by molar-refractivity contribution is -0.123. The third-order valence-electron chi connectivity index (χ3n) is 4.11. The van der Waals surface area contributed by atoms with E-state index in [0.29, 0.717) is 11.8 Å². The minimum Gasteiger partial charge on any atom is -0.353 e. The van der Waals surface area contributed by atoms with Crippen molar-refractivity contribution >= 4 is 17.5 Å². The molecule has 0 aliphatic heterocycles. The highest BCUT2D eigenvalue weighted by Crippen LogP contribution is 2.47. The van der Waals surface area contributed by atoms with Crippen molar-refractivity contribution in [3.8, 4) is 0 Å². The van der Waals surface area contributed by atoms with Gasteiger partial charge >= 0.3 is 0 Å². The highest BCUT2D eigenvalue weighted by Gasteiger charge is 2.44. The van der Waals surface area contributed by atoms with Crippen molar-refractivity contribution in [3.63, 3.8) is 0 Å². The summed E-state index contributed by atoms with van der Waals surface area (Å²) in [5, 5.41) is 3.20. The molecule has 1 saturated carbocycles. The van der Waals surface area contributed by atoms with Gasteiger partial charge in [0.1, 0.15) is 0 Å². The molecular weight excluding hydrogens is 270 g/mol. The van der Waals surface area contributed by atoms with Crippen molar-refractivity contribution in [1.29, 1.82) is 0 Å². The number of hydrogen-bond donors (Lipinski definition) is 1. The van der Waals surface area contributed by atoms with Crippen LogP contribution in [0.5, 0.6) is 0 Å². The van der Waals surface area contributed by atoms with Crippen LogP contribution in [0, 0.1) is 11.3 Å². The van der Waals surface area contributed by atoms with E-state index >= 15 is 0 Å². The smallest absolute Gasteiger partial charge is 0.223 e. The molecule has 2 nitrogen and oxygen atoms in total. The molecule has 110 valence electrons. The maximum atomic E-state index is 12.4. The van der Waals surface area contributed by atoms with E-state index in [0.717, 1.165) is 12.8 Å². The summed E-state index contributed by atoms with van der Waals surface area (Å²) in [7, 11) is 0. The summed E-state index contributed by atoms with van der Waals surface area (Å²) in [5.41, 5.74) is 1.32. The molecule has 0 heterocycles. The van der Waals surface area contributed by atoms with E-state index < -0.39 is 0 Å². The summed E-state index contributed by atoms with van der Waals surface area (Å²) >= 11 is 5.85. The standard InChI is InChI=1S/C17H24ClNO/c1-17(2,3)15(9-10-18)19-16(20)14-11-13(14)12-7-5-4-6-8-12/h4-8,13-15H,9-11H2,1-3H3,(H,19,20). The Labute approximate surface area is 126 Å². The number of alkyl halides is 1. The van der Waals surface area contributed by atoms with Crippen LogP contribution in [-0.2, 0) is 4.79 Å². The van der Waals surface area contributed by atoms with E-state index in [-0.39, 0.29) is 23.3 Å². The lowest BCUT2D eigenvalue weighted by atomic mass is 9.85. The third kappa shape index (κ3) is 3.76. The summed E-state index contributed by atoms with van der Waals surface area (Å²) in [6.07, 6.45) is 1.78. The molecule has 1 aromatic rings. The predicted molar refractivity (Wildman–Crippen MR) is 84.0 cm³/mol. The molecule has 20 heavy (non-hydrogen) atoms. The monoisotopic (exact) mass is 293 g/mol. The van der Waals surface area contributed by atoms with Crippen LogP contribution in [0.4, 0.5) is 0 Å². The zero-order valence-electron chi connectivity index (χ0n) is 12.5. The number of carbonyl (C=O) groups excluding carboxylic acids is 1. The number of halogens is 1. The average Bonchev–Trinajstić information content (AvgIpc) is 3.18. The molecule has 1 aromatic carbocycles. The van der Waals surface area contributed by atoms with E-state index in [1.807, 2.05) is 18.2 Å². The van der Waals surface area contributed by atoms with E-state index in [9.17, 15) is 4.79 Å². The van der Waals surface area contributed by atoms with Crippen molar-refractivity contribution in [1.82, 2.24) is 5.32 Å². The van der Waals surface area contributed by atoms with Gasteiger partial charge in [0.25, 0.3) is 0 Å². The maximum absolute atomic E-state index is 12.4. The molecule has 1 fully saturated rings. The Hall–Kier alpha value is -1.02. The first-order valence-electron chi connectivity index (χ1n) is 7.34. The van der Waals surface area contributed by atoms with Crippen LogP contribution in [0.15, 0.2) is 30.3 Å². The Kier molecular flexibility index (Phi) is 4.74. The van der Waals surface area contributed by atoms with Crippen molar-refractivity contribution in [2.45, 2.75) is 45.6 Å². The summed E-state index contributed by atoms with van der Waals surface area (Å²) < 4.78 is 0. The first kappa shape index (κ1) is 15.4. The normalized spacial score (nSPS) is 23.2. The minimum atomic E-state index is 0.0433.